The van der Waals surface area contributed by atoms with Gasteiger partial charge in [-0.05, 0) is 49.6 Å². The fourth-order valence-electron chi connectivity index (χ4n) is 3.02. The van der Waals surface area contributed by atoms with Crippen LogP contribution in [0, 0.1) is 12.8 Å². The molecule has 0 bridgehead atoms. The Hall–Kier alpha value is -2.11. The molecule has 0 aliphatic carbocycles. The van der Waals surface area contributed by atoms with Crippen LogP contribution in [0.1, 0.15) is 28.8 Å². The molecule has 26 heavy (non-hydrogen) atoms. The summed E-state index contributed by atoms with van der Waals surface area (Å²) in [6.45, 7) is 2.95. The van der Waals surface area contributed by atoms with E-state index in [2.05, 4.69) is 10.3 Å². The quantitative estimate of drug-likeness (QED) is 0.852. The molecule has 0 spiro atoms. The third-order valence-electron chi connectivity index (χ3n) is 4.50. The molecule has 5 nitrogen and oxygen atoms in total. The van der Waals surface area contributed by atoms with Crippen LogP contribution in [0.15, 0.2) is 36.5 Å². The summed E-state index contributed by atoms with van der Waals surface area (Å²) >= 11 is 12.1. The van der Waals surface area contributed by atoms with Gasteiger partial charge in [0.1, 0.15) is 5.82 Å². The number of rotatable bonds is 3. The number of likely N-dealkylation sites (tertiary alicyclic amines) is 1. The second-order valence-electron chi connectivity index (χ2n) is 6.38. The third kappa shape index (κ3) is 4.17. The van der Waals surface area contributed by atoms with Crippen molar-refractivity contribution in [2.75, 3.05) is 18.4 Å². The van der Waals surface area contributed by atoms with Gasteiger partial charge in [0.15, 0.2) is 0 Å². The van der Waals surface area contributed by atoms with Gasteiger partial charge < -0.3 is 10.2 Å². The van der Waals surface area contributed by atoms with Gasteiger partial charge in [-0.2, -0.15) is 0 Å². The summed E-state index contributed by atoms with van der Waals surface area (Å²) in [7, 11) is 0. The Morgan fingerprint density at radius 1 is 1.19 bits per heavy atom. The average Bonchev–Trinajstić information content (AvgIpc) is 2.63. The minimum absolute atomic E-state index is 0.0593. The monoisotopic (exact) mass is 391 g/mol. The van der Waals surface area contributed by atoms with Crippen molar-refractivity contribution >= 4 is 40.8 Å². The van der Waals surface area contributed by atoms with Crippen molar-refractivity contribution in [2.24, 2.45) is 5.92 Å². The highest BCUT2D eigenvalue weighted by Crippen LogP contribution is 2.28. The molecule has 1 saturated heterocycles. The molecule has 3 rings (SSSR count). The van der Waals surface area contributed by atoms with E-state index in [1.165, 1.54) is 0 Å². The zero-order chi connectivity index (χ0) is 18.7. The molecule has 0 saturated carbocycles. The van der Waals surface area contributed by atoms with Gasteiger partial charge in [-0.15, -0.1) is 0 Å². The maximum atomic E-state index is 12.7. The molecule has 0 unspecified atom stereocenters. The molecule has 1 N–H and O–H groups in total. The van der Waals surface area contributed by atoms with E-state index in [9.17, 15) is 9.59 Å². The van der Waals surface area contributed by atoms with E-state index in [4.69, 9.17) is 23.2 Å². The number of aromatic nitrogens is 1. The van der Waals surface area contributed by atoms with Crippen molar-refractivity contribution in [1.29, 1.82) is 0 Å². The van der Waals surface area contributed by atoms with Crippen LogP contribution in [-0.4, -0.2) is 34.8 Å². The molecule has 0 radical (unpaired) electrons. The number of benzene rings is 1. The van der Waals surface area contributed by atoms with Gasteiger partial charge in [0.05, 0.1) is 15.6 Å². The first-order chi connectivity index (χ1) is 12.5. The fourth-order valence-corrected chi connectivity index (χ4v) is 3.40. The number of carbonyl (C=O) groups is 2. The van der Waals surface area contributed by atoms with E-state index in [-0.39, 0.29) is 22.8 Å². The number of hydrogen-bond donors (Lipinski definition) is 1. The number of halogens is 2. The summed E-state index contributed by atoms with van der Waals surface area (Å²) in [6.07, 6.45) is 2.87. The zero-order valence-corrected chi connectivity index (χ0v) is 15.8. The van der Waals surface area contributed by atoms with Gasteiger partial charge >= 0.3 is 0 Å². The molecular weight excluding hydrogens is 373 g/mol. The number of carbonyl (C=O) groups excluding carboxylic acids is 2. The van der Waals surface area contributed by atoms with Crippen molar-refractivity contribution in [2.45, 2.75) is 19.8 Å². The van der Waals surface area contributed by atoms with Crippen molar-refractivity contribution in [1.82, 2.24) is 9.88 Å². The molecule has 1 aliphatic rings. The molecule has 1 fully saturated rings. The first kappa shape index (κ1) is 18.7. The average molecular weight is 392 g/mol. The lowest BCUT2D eigenvalue weighted by Crippen LogP contribution is -2.41. The minimum atomic E-state index is -0.156. The number of pyridine rings is 1. The van der Waals surface area contributed by atoms with E-state index >= 15 is 0 Å². The molecule has 2 amide bonds. The van der Waals surface area contributed by atoms with Crippen LogP contribution in [0.25, 0.3) is 0 Å². The summed E-state index contributed by atoms with van der Waals surface area (Å²) in [5.74, 6) is 0.197. The Morgan fingerprint density at radius 2 is 1.92 bits per heavy atom. The van der Waals surface area contributed by atoms with Crippen molar-refractivity contribution in [3.8, 4) is 0 Å². The van der Waals surface area contributed by atoms with Gasteiger partial charge in [0, 0.05) is 25.2 Å². The highest BCUT2D eigenvalue weighted by atomic mass is 35.5. The van der Waals surface area contributed by atoms with Gasteiger partial charge in [-0.1, -0.05) is 29.3 Å². The molecule has 1 aromatic heterocycles. The number of piperidine rings is 1. The van der Waals surface area contributed by atoms with Crippen LogP contribution in [0.3, 0.4) is 0 Å². The largest absolute Gasteiger partial charge is 0.339 e. The molecule has 1 aromatic carbocycles. The highest BCUT2D eigenvalue weighted by Gasteiger charge is 2.29. The normalized spacial score (nSPS) is 15.0. The van der Waals surface area contributed by atoms with E-state index in [0.29, 0.717) is 42.3 Å². The van der Waals surface area contributed by atoms with Crippen LogP contribution < -0.4 is 5.32 Å². The molecule has 136 valence electrons. The Labute approximate surface area is 162 Å². The number of hydrogen-bond acceptors (Lipinski definition) is 3. The molecule has 2 aromatic rings. The summed E-state index contributed by atoms with van der Waals surface area (Å²) in [6, 6.07) is 8.73. The number of amides is 2. The summed E-state index contributed by atoms with van der Waals surface area (Å²) < 4.78 is 0. The lowest BCUT2D eigenvalue weighted by molar-refractivity contribution is -0.121. The van der Waals surface area contributed by atoms with E-state index in [1.807, 2.05) is 19.1 Å². The molecule has 7 heteroatoms. The number of nitrogens with zero attached hydrogens (tertiary/aromatic N) is 2. The Kier molecular flexibility index (Phi) is 5.79. The molecule has 2 heterocycles. The van der Waals surface area contributed by atoms with Crippen molar-refractivity contribution in [3.05, 3.63) is 57.7 Å². The predicted molar refractivity (Wildman–Crippen MR) is 103 cm³/mol. The number of nitrogens with one attached hydrogen (secondary N) is 1. The standard InChI is InChI=1S/C19H19Cl2N3O2/c1-12-5-8-22-16(11-12)23-18(25)13-6-9-24(10-7-13)19(26)14-3-2-4-15(20)17(14)21/h2-5,8,11,13H,6-7,9-10H2,1H3,(H,22,23,25). The van der Waals surface area contributed by atoms with Crippen LogP contribution in [0.2, 0.25) is 10.0 Å². The van der Waals surface area contributed by atoms with Gasteiger partial charge in [-0.3, -0.25) is 9.59 Å². The van der Waals surface area contributed by atoms with Gasteiger partial charge in [-0.25, -0.2) is 4.98 Å². The maximum absolute atomic E-state index is 12.7. The summed E-state index contributed by atoms with van der Waals surface area (Å²) in [4.78, 5) is 30.9. The van der Waals surface area contributed by atoms with Crippen LogP contribution >= 0.6 is 23.2 Å². The van der Waals surface area contributed by atoms with E-state index in [0.717, 1.165) is 5.56 Å². The summed E-state index contributed by atoms with van der Waals surface area (Å²) in [5.41, 5.74) is 1.43. The molecule has 0 atom stereocenters. The van der Waals surface area contributed by atoms with Crippen LogP contribution in [0.4, 0.5) is 5.82 Å². The van der Waals surface area contributed by atoms with Crippen LogP contribution in [-0.2, 0) is 4.79 Å². The minimum Gasteiger partial charge on any atom is -0.339 e. The van der Waals surface area contributed by atoms with Gasteiger partial charge in [0.25, 0.3) is 5.91 Å². The topological polar surface area (TPSA) is 62.3 Å². The zero-order valence-electron chi connectivity index (χ0n) is 14.3. The van der Waals surface area contributed by atoms with Crippen LogP contribution in [0.5, 0.6) is 0 Å². The predicted octanol–water partition coefficient (Wildman–Crippen LogP) is 4.19. The molecular formula is C19H19Cl2N3O2. The summed E-state index contributed by atoms with van der Waals surface area (Å²) in [5, 5.41) is 3.48. The second-order valence-corrected chi connectivity index (χ2v) is 7.16. The maximum Gasteiger partial charge on any atom is 0.255 e. The van der Waals surface area contributed by atoms with E-state index < -0.39 is 0 Å². The Morgan fingerprint density at radius 3 is 2.62 bits per heavy atom. The number of anilines is 1. The third-order valence-corrected chi connectivity index (χ3v) is 5.32. The van der Waals surface area contributed by atoms with E-state index in [1.54, 1.807) is 29.3 Å². The highest BCUT2D eigenvalue weighted by molar-refractivity contribution is 6.43. The van der Waals surface area contributed by atoms with Crippen molar-refractivity contribution in [3.63, 3.8) is 0 Å². The molecule has 1 aliphatic heterocycles. The SMILES string of the molecule is Cc1ccnc(NC(=O)C2CCN(C(=O)c3cccc(Cl)c3Cl)CC2)c1. The lowest BCUT2D eigenvalue weighted by atomic mass is 9.95. The Bertz CT molecular complexity index is 833. The fraction of sp³-hybridized carbons (Fsp3) is 0.316. The second kappa shape index (κ2) is 8.06. The first-order valence-corrected chi connectivity index (χ1v) is 9.18. The lowest BCUT2D eigenvalue weighted by Gasteiger charge is -2.31. The number of aryl methyl sites for hydroxylation is 1. The smallest absolute Gasteiger partial charge is 0.255 e. The van der Waals surface area contributed by atoms with Gasteiger partial charge in [0.2, 0.25) is 5.91 Å². The Balaban J connectivity index is 1.59. The van der Waals surface area contributed by atoms with Crippen molar-refractivity contribution < 1.29 is 9.59 Å². The first-order valence-electron chi connectivity index (χ1n) is 8.42.